The summed E-state index contributed by atoms with van der Waals surface area (Å²) >= 11 is 0. The minimum atomic E-state index is 0.381. The van der Waals surface area contributed by atoms with Gasteiger partial charge < -0.3 is 15.4 Å². The first-order chi connectivity index (χ1) is 9.65. The van der Waals surface area contributed by atoms with Gasteiger partial charge in [0, 0.05) is 19.6 Å². The van der Waals surface area contributed by atoms with Crippen molar-refractivity contribution in [3.05, 3.63) is 29.8 Å². The van der Waals surface area contributed by atoms with Gasteiger partial charge in [-0.3, -0.25) is 4.99 Å². The first-order valence-corrected chi connectivity index (χ1v) is 7.34. The summed E-state index contributed by atoms with van der Waals surface area (Å²) in [7, 11) is 1.79. The van der Waals surface area contributed by atoms with Crippen LogP contribution in [0.15, 0.2) is 29.3 Å². The highest BCUT2D eigenvalue weighted by Gasteiger charge is 2.01. The van der Waals surface area contributed by atoms with Gasteiger partial charge in [0.1, 0.15) is 5.75 Å². The maximum absolute atomic E-state index is 5.64. The van der Waals surface area contributed by atoms with Gasteiger partial charge in [-0.05, 0) is 44.4 Å². The predicted molar refractivity (Wildman–Crippen MR) is 85.6 cm³/mol. The van der Waals surface area contributed by atoms with Crippen molar-refractivity contribution in [2.45, 2.75) is 39.7 Å². The van der Waals surface area contributed by atoms with Crippen LogP contribution in [0.1, 0.15) is 32.8 Å². The lowest BCUT2D eigenvalue weighted by atomic mass is 10.1. The van der Waals surface area contributed by atoms with Crippen LogP contribution in [0.5, 0.6) is 5.75 Å². The summed E-state index contributed by atoms with van der Waals surface area (Å²) in [6.45, 7) is 7.93. The Hall–Kier alpha value is -1.71. The SMILES string of the molecule is CCCOc1cccc(CCNC(=NC)NC(C)C)c1. The van der Waals surface area contributed by atoms with Crippen LogP contribution in [0.25, 0.3) is 0 Å². The topological polar surface area (TPSA) is 45.6 Å². The van der Waals surface area contributed by atoms with E-state index in [1.807, 2.05) is 12.1 Å². The van der Waals surface area contributed by atoms with Crippen LogP contribution >= 0.6 is 0 Å². The quantitative estimate of drug-likeness (QED) is 0.595. The molecule has 0 fully saturated rings. The lowest BCUT2D eigenvalue weighted by Crippen LogP contribution is -2.41. The van der Waals surface area contributed by atoms with E-state index in [0.29, 0.717) is 6.04 Å². The Kier molecular flexibility index (Phi) is 7.55. The summed E-state index contributed by atoms with van der Waals surface area (Å²) < 4.78 is 5.64. The number of guanidine groups is 1. The maximum atomic E-state index is 5.64. The van der Waals surface area contributed by atoms with Crippen molar-refractivity contribution >= 4 is 5.96 Å². The first-order valence-electron chi connectivity index (χ1n) is 7.34. The second kappa shape index (κ2) is 9.23. The molecule has 0 atom stereocenters. The summed E-state index contributed by atoms with van der Waals surface area (Å²) in [6, 6.07) is 8.66. The molecule has 0 unspecified atom stereocenters. The molecule has 0 spiro atoms. The van der Waals surface area contributed by atoms with Gasteiger partial charge in [-0.25, -0.2) is 0 Å². The molecule has 20 heavy (non-hydrogen) atoms. The smallest absolute Gasteiger partial charge is 0.191 e. The van der Waals surface area contributed by atoms with Crippen LogP contribution in [-0.4, -0.2) is 32.2 Å². The minimum absolute atomic E-state index is 0.381. The van der Waals surface area contributed by atoms with Crippen LogP contribution in [-0.2, 0) is 6.42 Å². The molecule has 4 heteroatoms. The van der Waals surface area contributed by atoms with Crippen LogP contribution in [0.4, 0.5) is 0 Å². The Morgan fingerprint density at radius 1 is 1.35 bits per heavy atom. The van der Waals surface area contributed by atoms with Crippen LogP contribution < -0.4 is 15.4 Å². The average Bonchev–Trinajstić information content (AvgIpc) is 2.44. The Morgan fingerprint density at radius 2 is 2.15 bits per heavy atom. The molecule has 0 bridgehead atoms. The van der Waals surface area contributed by atoms with E-state index in [1.165, 1.54) is 5.56 Å². The first kappa shape index (κ1) is 16.3. The molecule has 4 nitrogen and oxygen atoms in total. The highest BCUT2D eigenvalue weighted by molar-refractivity contribution is 5.79. The fraction of sp³-hybridized carbons (Fsp3) is 0.562. The standard InChI is InChI=1S/C16H27N3O/c1-5-11-20-15-8-6-7-14(12-15)9-10-18-16(17-4)19-13(2)3/h6-8,12-13H,5,9-11H2,1-4H3,(H2,17,18,19). The van der Waals surface area contributed by atoms with Crippen molar-refractivity contribution in [3.63, 3.8) is 0 Å². The van der Waals surface area contributed by atoms with E-state index in [-0.39, 0.29) is 0 Å². The lowest BCUT2D eigenvalue weighted by molar-refractivity contribution is 0.317. The third kappa shape index (κ3) is 6.45. The molecule has 1 rings (SSSR count). The highest BCUT2D eigenvalue weighted by atomic mass is 16.5. The van der Waals surface area contributed by atoms with E-state index < -0.39 is 0 Å². The molecule has 0 saturated carbocycles. The summed E-state index contributed by atoms with van der Waals surface area (Å²) in [6.07, 6.45) is 1.98. The van der Waals surface area contributed by atoms with E-state index in [9.17, 15) is 0 Å². The monoisotopic (exact) mass is 277 g/mol. The molecule has 0 aromatic heterocycles. The van der Waals surface area contributed by atoms with Crippen molar-refractivity contribution in [1.29, 1.82) is 0 Å². The third-order valence-corrected chi connectivity index (χ3v) is 2.73. The molecule has 0 aliphatic heterocycles. The number of ether oxygens (including phenoxy) is 1. The number of nitrogens with zero attached hydrogens (tertiary/aromatic N) is 1. The fourth-order valence-corrected chi connectivity index (χ4v) is 1.80. The predicted octanol–water partition coefficient (Wildman–Crippen LogP) is 2.59. The molecule has 2 N–H and O–H groups in total. The Morgan fingerprint density at radius 3 is 2.80 bits per heavy atom. The lowest BCUT2D eigenvalue weighted by Gasteiger charge is -2.14. The Balaban J connectivity index is 2.41. The zero-order valence-corrected chi connectivity index (χ0v) is 13.1. The van der Waals surface area contributed by atoms with Crippen molar-refractivity contribution in [2.75, 3.05) is 20.2 Å². The number of aliphatic imine (C=N–C) groups is 1. The molecule has 1 aromatic rings. The van der Waals surface area contributed by atoms with Gasteiger partial charge in [-0.15, -0.1) is 0 Å². The van der Waals surface area contributed by atoms with Crippen LogP contribution in [0.2, 0.25) is 0 Å². The fourth-order valence-electron chi connectivity index (χ4n) is 1.80. The zero-order valence-electron chi connectivity index (χ0n) is 13.1. The molecular formula is C16H27N3O. The van der Waals surface area contributed by atoms with E-state index in [0.717, 1.165) is 37.7 Å². The Labute approximate surface area is 122 Å². The van der Waals surface area contributed by atoms with Gasteiger partial charge in [0.2, 0.25) is 0 Å². The van der Waals surface area contributed by atoms with Gasteiger partial charge in [0.25, 0.3) is 0 Å². The van der Waals surface area contributed by atoms with Crippen molar-refractivity contribution < 1.29 is 4.74 Å². The number of hydrogen-bond donors (Lipinski definition) is 2. The number of nitrogens with one attached hydrogen (secondary N) is 2. The molecule has 1 aromatic carbocycles. The van der Waals surface area contributed by atoms with Gasteiger partial charge in [-0.1, -0.05) is 19.1 Å². The van der Waals surface area contributed by atoms with Gasteiger partial charge in [0.05, 0.1) is 6.61 Å². The average molecular weight is 277 g/mol. The maximum Gasteiger partial charge on any atom is 0.191 e. The minimum Gasteiger partial charge on any atom is -0.494 e. The largest absolute Gasteiger partial charge is 0.494 e. The molecule has 0 saturated heterocycles. The second-order valence-electron chi connectivity index (χ2n) is 5.04. The molecule has 0 heterocycles. The molecular weight excluding hydrogens is 250 g/mol. The van der Waals surface area contributed by atoms with Crippen molar-refractivity contribution in [3.8, 4) is 5.75 Å². The Bertz CT molecular complexity index is 416. The van der Waals surface area contributed by atoms with Crippen LogP contribution in [0.3, 0.4) is 0 Å². The molecule has 112 valence electrons. The molecule has 0 amide bonds. The number of hydrogen-bond acceptors (Lipinski definition) is 2. The van der Waals surface area contributed by atoms with E-state index in [2.05, 4.69) is 48.5 Å². The van der Waals surface area contributed by atoms with Crippen molar-refractivity contribution in [2.24, 2.45) is 4.99 Å². The van der Waals surface area contributed by atoms with Gasteiger partial charge in [0.15, 0.2) is 5.96 Å². The molecule has 0 aliphatic carbocycles. The number of benzene rings is 1. The van der Waals surface area contributed by atoms with Crippen molar-refractivity contribution in [1.82, 2.24) is 10.6 Å². The number of rotatable bonds is 7. The van der Waals surface area contributed by atoms with E-state index in [4.69, 9.17) is 4.74 Å². The molecule has 0 radical (unpaired) electrons. The highest BCUT2D eigenvalue weighted by Crippen LogP contribution is 2.13. The molecule has 0 aliphatic rings. The second-order valence-corrected chi connectivity index (χ2v) is 5.04. The van der Waals surface area contributed by atoms with Gasteiger partial charge in [-0.2, -0.15) is 0 Å². The summed E-state index contributed by atoms with van der Waals surface area (Å²) in [4.78, 5) is 4.19. The summed E-state index contributed by atoms with van der Waals surface area (Å²) in [5, 5.41) is 6.58. The van der Waals surface area contributed by atoms with Gasteiger partial charge >= 0.3 is 0 Å². The van der Waals surface area contributed by atoms with E-state index in [1.54, 1.807) is 7.05 Å². The van der Waals surface area contributed by atoms with E-state index >= 15 is 0 Å². The zero-order chi connectivity index (χ0) is 14.8. The third-order valence-electron chi connectivity index (χ3n) is 2.73. The summed E-state index contributed by atoms with van der Waals surface area (Å²) in [5.41, 5.74) is 1.27. The van der Waals surface area contributed by atoms with Crippen LogP contribution in [0, 0.1) is 0 Å². The summed E-state index contributed by atoms with van der Waals surface area (Å²) in [5.74, 6) is 1.80. The normalized spacial score (nSPS) is 11.6.